The van der Waals surface area contributed by atoms with Crippen molar-refractivity contribution in [3.63, 3.8) is 0 Å². The average molecular weight is 378 g/mol. The van der Waals surface area contributed by atoms with Crippen molar-refractivity contribution in [2.24, 2.45) is 5.73 Å². The highest BCUT2D eigenvalue weighted by Crippen LogP contribution is 2.30. The molecule has 7 nitrogen and oxygen atoms in total. The number of aliphatic hydroxyl groups excluding tert-OH is 1. The van der Waals surface area contributed by atoms with E-state index in [1.165, 1.54) is 6.92 Å². The Labute approximate surface area is 154 Å². The van der Waals surface area contributed by atoms with Crippen LogP contribution in [0.5, 0.6) is 11.5 Å². The lowest BCUT2D eigenvalue weighted by atomic mass is 10.00. The largest absolute Gasteiger partial charge is 0.750 e. The van der Waals surface area contributed by atoms with E-state index in [4.69, 9.17) is 14.7 Å². The maximum atomic E-state index is 10.9. The Morgan fingerprint density at radius 3 is 2.35 bits per heavy atom. The first kappa shape index (κ1) is 20.1. The van der Waals surface area contributed by atoms with Crippen molar-refractivity contribution in [1.29, 1.82) is 0 Å². The van der Waals surface area contributed by atoms with Gasteiger partial charge in [0.25, 0.3) is 0 Å². The Bertz CT molecular complexity index is 791. The number of primary amides is 1. The van der Waals surface area contributed by atoms with E-state index in [1.54, 1.807) is 49.4 Å². The summed E-state index contributed by atoms with van der Waals surface area (Å²) in [6.07, 6.45) is -1.83. The van der Waals surface area contributed by atoms with Crippen LogP contribution in [0.3, 0.4) is 0 Å². The van der Waals surface area contributed by atoms with Crippen molar-refractivity contribution in [3.05, 3.63) is 59.2 Å². The molecule has 0 fully saturated rings. The number of rotatable bonds is 8. The number of hydrogen-bond acceptors (Lipinski definition) is 6. The van der Waals surface area contributed by atoms with Crippen LogP contribution in [0.1, 0.15) is 29.7 Å². The molecule has 1 amide bonds. The van der Waals surface area contributed by atoms with Gasteiger partial charge in [0.05, 0.1) is 23.9 Å². The number of nitrogens with two attached hydrogens (primary N) is 1. The molecule has 0 aliphatic carbocycles. The lowest BCUT2D eigenvalue weighted by Gasteiger charge is -2.23. The van der Waals surface area contributed by atoms with Crippen LogP contribution >= 0.6 is 0 Å². The fourth-order valence-electron chi connectivity index (χ4n) is 2.52. The highest BCUT2D eigenvalue weighted by molar-refractivity contribution is 7.74. The minimum atomic E-state index is -2.74. The molecule has 3 N–H and O–H groups in total. The second-order valence-electron chi connectivity index (χ2n) is 5.87. The summed E-state index contributed by atoms with van der Waals surface area (Å²) >= 11 is -2.74. The van der Waals surface area contributed by atoms with Gasteiger partial charge in [0.1, 0.15) is 17.6 Å². The molecule has 3 atom stereocenters. The fraction of sp³-hybridized carbons (Fsp3) is 0.278. The molecule has 0 heterocycles. The molecule has 0 spiro atoms. The number of amides is 1. The van der Waals surface area contributed by atoms with Crippen molar-refractivity contribution in [1.82, 2.24) is 0 Å². The molecule has 0 radical (unpaired) electrons. The number of carbonyl (C=O) groups excluding carboxylic acids is 1. The van der Waals surface area contributed by atoms with Crippen LogP contribution in [0, 0.1) is 6.92 Å². The molecule has 0 aromatic heterocycles. The third-order valence-electron chi connectivity index (χ3n) is 3.71. The van der Waals surface area contributed by atoms with E-state index in [2.05, 4.69) is 0 Å². The first-order chi connectivity index (χ1) is 12.3. The van der Waals surface area contributed by atoms with Crippen LogP contribution < -0.4 is 10.5 Å². The molecular weight excluding hydrogens is 358 g/mol. The van der Waals surface area contributed by atoms with Crippen LogP contribution in [0.4, 0.5) is 0 Å². The summed E-state index contributed by atoms with van der Waals surface area (Å²) in [6.45, 7) is 3.22. The number of aryl methyl sites for hydroxylation is 1. The van der Waals surface area contributed by atoms with E-state index in [0.717, 1.165) is 5.56 Å². The smallest absolute Gasteiger partial charge is 0.221 e. The van der Waals surface area contributed by atoms with Crippen molar-refractivity contribution >= 4 is 17.3 Å². The first-order valence-corrected chi connectivity index (χ1v) is 8.86. The molecule has 3 unspecified atom stereocenters. The number of hydrogen-bond donors (Lipinski definition) is 2. The molecule has 2 aromatic rings. The summed E-state index contributed by atoms with van der Waals surface area (Å²) in [6, 6.07) is 12.0. The number of aliphatic hydroxyl groups is 1. The molecule has 2 rings (SSSR count). The van der Waals surface area contributed by atoms with E-state index in [9.17, 15) is 18.7 Å². The predicted octanol–water partition coefficient (Wildman–Crippen LogP) is 2.05. The standard InChI is InChI=1S/C18H21NO6S/c1-11-9-15(7-8-16(11)18(12(2)20)25-26(22)23)24-14-5-3-13(4-6-14)10-17(19)21/h3-9,12,18,20H,10H2,1-2H3,(H2,19,21)(H,22,23)/p-1. The quantitative estimate of drug-likeness (QED) is 0.678. The third-order valence-corrected chi connectivity index (χ3v) is 4.07. The normalized spacial score (nSPS) is 14.5. The van der Waals surface area contributed by atoms with Gasteiger partial charge in [0.2, 0.25) is 5.91 Å². The summed E-state index contributed by atoms with van der Waals surface area (Å²) < 4.78 is 32.2. The Balaban J connectivity index is 2.15. The Morgan fingerprint density at radius 1 is 1.23 bits per heavy atom. The summed E-state index contributed by atoms with van der Waals surface area (Å²) in [4.78, 5) is 10.9. The molecule has 140 valence electrons. The summed E-state index contributed by atoms with van der Waals surface area (Å²) in [7, 11) is 0. The van der Waals surface area contributed by atoms with Crippen LogP contribution in [0.2, 0.25) is 0 Å². The molecular formula is C18H20NO6S-. The molecule has 0 bridgehead atoms. The molecule has 8 heteroatoms. The Kier molecular flexibility index (Phi) is 6.87. The van der Waals surface area contributed by atoms with E-state index in [1.807, 2.05) is 0 Å². The summed E-state index contributed by atoms with van der Waals surface area (Å²) in [5, 5.41) is 9.77. The number of ether oxygens (including phenoxy) is 1. The van der Waals surface area contributed by atoms with E-state index >= 15 is 0 Å². The molecule has 2 aromatic carbocycles. The van der Waals surface area contributed by atoms with Gasteiger partial charge in [-0.2, -0.15) is 0 Å². The molecule has 26 heavy (non-hydrogen) atoms. The molecule has 0 aliphatic heterocycles. The van der Waals surface area contributed by atoms with Gasteiger partial charge in [-0.25, -0.2) is 4.21 Å². The van der Waals surface area contributed by atoms with Crippen LogP contribution in [-0.4, -0.2) is 25.9 Å². The highest BCUT2D eigenvalue weighted by Gasteiger charge is 2.21. The first-order valence-electron chi connectivity index (χ1n) is 7.86. The Hall–Kier alpha value is -2.26. The van der Waals surface area contributed by atoms with Crippen molar-refractivity contribution in [3.8, 4) is 11.5 Å². The van der Waals surface area contributed by atoms with E-state index in [-0.39, 0.29) is 6.42 Å². The zero-order chi connectivity index (χ0) is 19.3. The third kappa shape index (κ3) is 5.63. The SMILES string of the molecule is Cc1cc(Oc2ccc(CC(N)=O)cc2)ccc1C(OS(=O)[O-])C(C)O. The zero-order valence-electron chi connectivity index (χ0n) is 14.4. The lowest BCUT2D eigenvalue weighted by Crippen LogP contribution is -2.20. The lowest BCUT2D eigenvalue weighted by molar-refractivity contribution is -0.117. The molecule has 0 aliphatic rings. The minimum absolute atomic E-state index is 0.163. The van der Waals surface area contributed by atoms with E-state index < -0.39 is 29.5 Å². The van der Waals surface area contributed by atoms with Gasteiger partial charge in [-0.15, -0.1) is 0 Å². The van der Waals surface area contributed by atoms with Gasteiger partial charge in [0.15, 0.2) is 0 Å². The summed E-state index contributed by atoms with van der Waals surface area (Å²) in [5.74, 6) is 0.717. The van der Waals surface area contributed by atoms with Crippen molar-refractivity contribution in [2.75, 3.05) is 0 Å². The molecule has 0 saturated heterocycles. The second-order valence-corrected chi connectivity index (χ2v) is 6.47. The van der Waals surface area contributed by atoms with Crippen molar-refractivity contribution in [2.45, 2.75) is 32.5 Å². The topological polar surface area (TPSA) is 122 Å². The second kappa shape index (κ2) is 8.91. The number of benzene rings is 2. The van der Waals surface area contributed by atoms with Crippen LogP contribution in [-0.2, 0) is 26.8 Å². The van der Waals surface area contributed by atoms with Crippen molar-refractivity contribution < 1.29 is 27.6 Å². The van der Waals surface area contributed by atoms with Gasteiger partial charge in [-0.1, -0.05) is 18.2 Å². The van der Waals surface area contributed by atoms with Gasteiger partial charge in [0, 0.05) is 0 Å². The average Bonchev–Trinajstić information content (AvgIpc) is 2.54. The van der Waals surface area contributed by atoms with Crippen LogP contribution in [0.25, 0.3) is 0 Å². The Morgan fingerprint density at radius 2 is 1.85 bits per heavy atom. The van der Waals surface area contributed by atoms with Gasteiger partial charge < -0.3 is 20.1 Å². The van der Waals surface area contributed by atoms with Gasteiger partial charge in [-0.3, -0.25) is 8.98 Å². The maximum Gasteiger partial charge on any atom is 0.221 e. The van der Waals surface area contributed by atoms with Gasteiger partial charge >= 0.3 is 0 Å². The number of carbonyl (C=O) groups is 1. The zero-order valence-corrected chi connectivity index (χ0v) is 15.2. The van der Waals surface area contributed by atoms with E-state index in [0.29, 0.717) is 22.6 Å². The summed E-state index contributed by atoms with van der Waals surface area (Å²) in [5.41, 5.74) is 7.21. The monoisotopic (exact) mass is 378 g/mol. The maximum absolute atomic E-state index is 10.9. The minimum Gasteiger partial charge on any atom is -0.750 e. The predicted molar refractivity (Wildman–Crippen MR) is 95.0 cm³/mol. The molecule has 0 saturated carbocycles. The fourth-order valence-corrected chi connectivity index (χ4v) is 2.95. The van der Waals surface area contributed by atoms with Gasteiger partial charge in [-0.05, 0) is 54.8 Å². The van der Waals surface area contributed by atoms with Crippen LogP contribution in [0.15, 0.2) is 42.5 Å². The highest BCUT2D eigenvalue weighted by atomic mass is 32.2.